The fourth-order valence-corrected chi connectivity index (χ4v) is 2.05. The molecule has 2 rings (SSSR count). The zero-order valence-electron chi connectivity index (χ0n) is 9.05. The zero-order chi connectivity index (χ0) is 10.7. The van der Waals surface area contributed by atoms with Crippen molar-refractivity contribution in [1.82, 2.24) is 15.3 Å². The molecule has 0 bridgehead atoms. The average molecular weight is 207 g/mol. The van der Waals surface area contributed by atoms with Gasteiger partial charge in [0.1, 0.15) is 0 Å². The van der Waals surface area contributed by atoms with Crippen molar-refractivity contribution in [2.45, 2.75) is 32.1 Å². The summed E-state index contributed by atoms with van der Waals surface area (Å²) in [5, 5.41) is 3.31. The number of hydrogen-bond acceptors (Lipinski definition) is 3. The van der Waals surface area contributed by atoms with E-state index in [2.05, 4.69) is 15.3 Å². The first-order valence-electron chi connectivity index (χ1n) is 5.60. The van der Waals surface area contributed by atoms with E-state index in [1.54, 1.807) is 0 Å². The molecule has 1 saturated heterocycles. The molecular formula is C11H17N3O. The molecule has 82 valence electrons. The minimum absolute atomic E-state index is 0.206. The summed E-state index contributed by atoms with van der Waals surface area (Å²) in [6.07, 6.45) is 3.02. The van der Waals surface area contributed by atoms with E-state index in [-0.39, 0.29) is 5.69 Å². The molecule has 1 fully saturated rings. The molecule has 0 aromatic carbocycles. The zero-order valence-corrected chi connectivity index (χ0v) is 9.05. The highest BCUT2D eigenvalue weighted by molar-refractivity contribution is 5.13. The van der Waals surface area contributed by atoms with Crippen LogP contribution in [0.5, 0.6) is 0 Å². The standard InChI is InChI=1S/C11H17N3O/c1-2-9-7-10(14-11(15)13-9)8-3-5-12-6-4-8/h7-8,12H,2-6H2,1H3,(H,13,14,15). The topological polar surface area (TPSA) is 57.8 Å². The van der Waals surface area contributed by atoms with E-state index in [1.165, 1.54) is 0 Å². The number of aromatic amines is 1. The first-order chi connectivity index (χ1) is 7.29. The van der Waals surface area contributed by atoms with Gasteiger partial charge in [0.2, 0.25) is 0 Å². The van der Waals surface area contributed by atoms with Crippen LogP contribution in [0, 0.1) is 0 Å². The molecule has 4 heteroatoms. The number of nitrogens with zero attached hydrogens (tertiary/aromatic N) is 1. The number of nitrogens with one attached hydrogen (secondary N) is 2. The lowest BCUT2D eigenvalue weighted by Gasteiger charge is -2.21. The van der Waals surface area contributed by atoms with Crippen molar-refractivity contribution in [3.8, 4) is 0 Å². The minimum Gasteiger partial charge on any atom is -0.317 e. The lowest BCUT2D eigenvalue weighted by atomic mass is 9.94. The van der Waals surface area contributed by atoms with E-state index < -0.39 is 0 Å². The van der Waals surface area contributed by atoms with Crippen molar-refractivity contribution in [3.05, 3.63) is 27.9 Å². The van der Waals surface area contributed by atoms with Gasteiger partial charge in [-0.1, -0.05) is 6.92 Å². The number of hydrogen-bond donors (Lipinski definition) is 2. The van der Waals surface area contributed by atoms with Gasteiger partial charge in [0.25, 0.3) is 0 Å². The Hall–Kier alpha value is -1.16. The van der Waals surface area contributed by atoms with Crippen LogP contribution >= 0.6 is 0 Å². The summed E-state index contributed by atoms with van der Waals surface area (Å²) < 4.78 is 0. The molecule has 0 saturated carbocycles. The number of H-pyrrole nitrogens is 1. The third-order valence-corrected chi connectivity index (χ3v) is 2.96. The van der Waals surface area contributed by atoms with Crippen molar-refractivity contribution < 1.29 is 0 Å². The van der Waals surface area contributed by atoms with Crippen LogP contribution in [0.25, 0.3) is 0 Å². The average Bonchev–Trinajstić information content (AvgIpc) is 2.29. The summed E-state index contributed by atoms with van der Waals surface area (Å²) in [5.74, 6) is 0.457. The highest BCUT2D eigenvalue weighted by atomic mass is 16.1. The van der Waals surface area contributed by atoms with Gasteiger partial charge in [-0.05, 0) is 38.4 Å². The Morgan fingerprint density at radius 3 is 2.87 bits per heavy atom. The first-order valence-corrected chi connectivity index (χ1v) is 5.60. The number of aromatic nitrogens is 2. The second-order valence-corrected chi connectivity index (χ2v) is 4.01. The molecule has 0 aliphatic carbocycles. The first kappa shape index (κ1) is 10.4. The maximum absolute atomic E-state index is 11.3. The number of rotatable bonds is 2. The second-order valence-electron chi connectivity index (χ2n) is 4.01. The molecule has 4 nitrogen and oxygen atoms in total. The summed E-state index contributed by atoms with van der Waals surface area (Å²) in [6.45, 7) is 4.10. The molecule has 0 spiro atoms. The normalized spacial score (nSPS) is 17.9. The molecule has 0 radical (unpaired) electrons. The molecule has 0 atom stereocenters. The van der Waals surface area contributed by atoms with E-state index in [1.807, 2.05) is 13.0 Å². The van der Waals surface area contributed by atoms with E-state index >= 15 is 0 Å². The number of aryl methyl sites for hydroxylation is 1. The van der Waals surface area contributed by atoms with Crippen LogP contribution in [0.3, 0.4) is 0 Å². The smallest absolute Gasteiger partial charge is 0.317 e. The Bertz CT molecular complexity index is 380. The summed E-state index contributed by atoms with van der Waals surface area (Å²) in [7, 11) is 0. The predicted octanol–water partition coefficient (Wildman–Crippen LogP) is 0.799. The molecule has 1 aliphatic heterocycles. The van der Waals surface area contributed by atoms with E-state index in [0.717, 1.165) is 43.7 Å². The third kappa shape index (κ3) is 2.45. The van der Waals surface area contributed by atoms with Crippen molar-refractivity contribution >= 4 is 0 Å². The fraction of sp³-hybridized carbons (Fsp3) is 0.636. The Balaban J connectivity index is 2.26. The molecule has 1 aromatic heterocycles. The molecule has 2 heterocycles. The van der Waals surface area contributed by atoms with Crippen LogP contribution in [-0.2, 0) is 6.42 Å². The minimum atomic E-state index is -0.206. The SMILES string of the molecule is CCc1cc(C2CCNCC2)nc(=O)[nH]1. The van der Waals surface area contributed by atoms with Crippen LogP contribution < -0.4 is 11.0 Å². The van der Waals surface area contributed by atoms with Gasteiger partial charge < -0.3 is 10.3 Å². The van der Waals surface area contributed by atoms with E-state index in [0.29, 0.717) is 5.92 Å². The van der Waals surface area contributed by atoms with Crippen LogP contribution in [0.2, 0.25) is 0 Å². The van der Waals surface area contributed by atoms with Gasteiger partial charge in [-0.15, -0.1) is 0 Å². The summed E-state index contributed by atoms with van der Waals surface area (Å²) in [5.41, 5.74) is 1.75. The Morgan fingerprint density at radius 1 is 1.47 bits per heavy atom. The fourth-order valence-electron chi connectivity index (χ4n) is 2.05. The molecule has 2 N–H and O–H groups in total. The van der Waals surface area contributed by atoms with Gasteiger partial charge in [0.15, 0.2) is 0 Å². The molecule has 1 aromatic rings. The monoisotopic (exact) mass is 207 g/mol. The Morgan fingerprint density at radius 2 is 2.20 bits per heavy atom. The molecule has 0 amide bonds. The second kappa shape index (κ2) is 4.57. The van der Waals surface area contributed by atoms with Gasteiger partial charge in [0, 0.05) is 11.6 Å². The largest absolute Gasteiger partial charge is 0.345 e. The Kier molecular flexibility index (Phi) is 3.16. The highest BCUT2D eigenvalue weighted by Crippen LogP contribution is 2.22. The van der Waals surface area contributed by atoms with Crippen molar-refractivity contribution in [2.75, 3.05) is 13.1 Å². The van der Waals surface area contributed by atoms with Gasteiger partial charge in [-0.2, -0.15) is 4.98 Å². The van der Waals surface area contributed by atoms with Gasteiger partial charge in [-0.3, -0.25) is 0 Å². The number of piperidine rings is 1. The van der Waals surface area contributed by atoms with Crippen molar-refractivity contribution in [1.29, 1.82) is 0 Å². The maximum atomic E-state index is 11.3. The highest BCUT2D eigenvalue weighted by Gasteiger charge is 2.17. The summed E-state index contributed by atoms with van der Waals surface area (Å²) >= 11 is 0. The van der Waals surface area contributed by atoms with Gasteiger partial charge in [-0.25, -0.2) is 4.79 Å². The van der Waals surface area contributed by atoms with E-state index in [9.17, 15) is 4.79 Å². The van der Waals surface area contributed by atoms with Crippen LogP contribution in [0.4, 0.5) is 0 Å². The predicted molar refractivity (Wildman–Crippen MR) is 59.1 cm³/mol. The molecule has 15 heavy (non-hydrogen) atoms. The third-order valence-electron chi connectivity index (χ3n) is 2.96. The lowest BCUT2D eigenvalue weighted by molar-refractivity contribution is 0.451. The summed E-state index contributed by atoms with van der Waals surface area (Å²) in [6, 6.07) is 2.04. The van der Waals surface area contributed by atoms with Gasteiger partial charge in [0.05, 0.1) is 5.69 Å². The van der Waals surface area contributed by atoms with Crippen LogP contribution in [0.15, 0.2) is 10.9 Å². The van der Waals surface area contributed by atoms with E-state index in [4.69, 9.17) is 0 Å². The lowest BCUT2D eigenvalue weighted by Crippen LogP contribution is -2.28. The van der Waals surface area contributed by atoms with Crippen molar-refractivity contribution in [2.24, 2.45) is 0 Å². The molecule has 1 aliphatic rings. The van der Waals surface area contributed by atoms with Gasteiger partial charge >= 0.3 is 5.69 Å². The molecule has 0 unspecified atom stereocenters. The van der Waals surface area contributed by atoms with Crippen LogP contribution in [0.1, 0.15) is 37.1 Å². The molecular weight excluding hydrogens is 190 g/mol. The van der Waals surface area contributed by atoms with Crippen molar-refractivity contribution in [3.63, 3.8) is 0 Å². The maximum Gasteiger partial charge on any atom is 0.345 e. The quantitative estimate of drug-likeness (QED) is 0.754. The van der Waals surface area contributed by atoms with Crippen LogP contribution in [-0.4, -0.2) is 23.1 Å². The summed E-state index contributed by atoms with van der Waals surface area (Å²) in [4.78, 5) is 18.2. The Labute approximate surface area is 89.1 Å².